The number of carbonyl (C=O) groups is 2. The highest BCUT2D eigenvalue weighted by molar-refractivity contribution is 8.00. The Labute approximate surface area is 208 Å². The van der Waals surface area contributed by atoms with Crippen molar-refractivity contribution >= 4 is 51.8 Å². The van der Waals surface area contributed by atoms with E-state index in [0.29, 0.717) is 10.8 Å². The Kier molecular flexibility index (Phi) is 6.75. The predicted octanol–water partition coefficient (Wildman–Crippen LogP) is 6.79. The number of fused-ring (bicyclic) bond motifs is 3. The minimum Gasteiger partial charge on any atom is -0.326 e. The highest BCUT2D eigenvalue weighted by Crippen LogP contribution is 2.33. The summed E-state index contributed by atoms with van der Waals surface area (Å²) in [5.74, 6) is 0.348. The molecule has 4 nitrogen and oxygen atoms in total. The summed E-state index contributed by atoms with van der Waals surface area (Å²) in [7, 11) is 0. The van der Waals surface area contributed by atoms with Gasteiger partial charge in [0.15, 0.2) is 0 Å². The first kappa shape index (κ1) is 22.8. The van der Waals surface area contributed by atoms with Crippen LogP contribution in [0.4, 0.5) is 5.69 Å². The number of carbonyl (C=O) groups excluding carboxylic acids is 2. The summed E-state index contributed by atoms with van der Waals surface area (Å²) in [6.45, 7) is 0. The van der Waals surface area contributed by atoms with Gasteiger partial charge in [-0.15, -0.1) is 11.8 Å². The first-order valence-electron chi connectivity index (χ1n) is 11.5. The van der Waals surface area contributed by atoms with Crippen LogP contribution < -0.4 is 5.32 Å². The third-order valence-electron chi connectivity index (χ3n) is 6.19. The molecule has 1 aromatic heterocycles. The average molecular weight is 489 g/mol. The van der Waals surface area contributed by atoms with Crippen LogP contribution in [0.5, 0.6) is 0 Å². The third kappa shape index (κ3) is 4.91. The zero-order chi connectivity index (χ0) is 23.5. The maximum absolute atomic E-state index is 13.3. The fourth-order valence-electron chi connectivity index (χ4n) is 4.65. The highest BCUT2D eigenvalue weighted by atomic mass is 35.5. The first-order valence-corrected chi connectivity index (χ1v) is 12.9. The van der Waals surface area contributed by atoms with Crippen molar-refractivity contribution in [1.82, 2.24) is 4.57 Å². The van der Waals surface area contributed by atoms with Gasteiger partial charge in [-0.3, -0.25) is 14.2 Å². The Morgan fingerprint density at radius 3 is 2.59 bits per heavy atom. The Bertz CT molecular complexity index is 1360. The number of benzene rings is 3. The summed E-state index contributed by atoms with van der Waals surface area (Å²) >= 11 is 7.41. The van der Waals surface area contributed by atoms with E-state index in [0.717, 1.165) is 40.9 Å². The molecule has 0 spiro atoms. The van der Waals surface area contributed by atoms with E-state index in [4.69, 9.17) is 11.6 Å². The van der Waals surface area contributed by atoms with E-state index >= 15 is 0 Å². The van der Waals surface area contributed by atoms with Crippen LogP contribution in [0.15, 0.2) is 77.7 Å². The molecular formula is C28H25ClN2O2S. The van der Waals surface area contributed by atoms with Gasteiger partial charge in [0.1, 0.15) is 0 Å². The molecule has 0 bridgehead atoms. The number of hydrogen-bond acceptors (Lipinski definition) is 3. The van der Waals surface area contributed by atoms with Crippen LogP contribution in [0, 0.1) is 0 Å². The van der Waals surface area contributed by atoms with E-state index in [9.17, 15) is 9.59 Å². The summed E-state index contributed by atoms with van der Waals surface area (Å²) in [6, 6.07) is 23.1. The van der Waals surface area contributed by atoms with E-state index in [-0.39, 0.29) is 18.2 Å². The van der Waals surface area contributed by atoms with Crippen molar-refractivity contribution in [1.29, 1.82) is 0 Å². The van der Waals surface area contributed by atoms with Gasteiger partial charge in [0.25, 0.3) is 0 Å². The molecule has 4 aromatic rings. The second-order valence-corrected chi connectivity index (χ2v) is 10.0. The molecule has 0 aliphatic heterocycles. The number of thioether (sulfide) groups is 1. The maximum atomic E-state index is 13.3. The van der Waals surface area contributed by atoms with Gasteiger partial charge in [-0.2, -0.15) is 0 Å². The number of nitrogens with one attached hydrogen (secondary N) is 1. The van der Waals surface area contributed by atoms with Gasteiger partial charge in [-0.25, -0.2) is 0 Å². The topological polar surface area (TPSA) is 51.1 Å². The Hall–Kier alpha value is -3.02. The van der Waals surface area contributed by atoms with Gasteiger partial charge in [-0.1, -0.05) is 48.0 Å². The van der Waals surface area contributed by atoms with Gasteiger partial charge in [0, 0.05) is 26.7 Å². The third-order valence-corrected chi connectivity index (χ3v) is 7.42. The van der Waals surface area contributed by atoms with Crippen molar-refractivity contribution in [3.8, 4) is 0 Å². The zero-order valence-electron chi connectivity index (χ0n) is 18.7. The number of nitrogens with zero attached hydrogens (tertiary/aromatic N) is 1. The first-order chi connectivity index (χ1) is 16.6. The second kappa shape index (κ2) is 10.1. The zero-order valence-corrected chi connectivity index (χ0v) is 20.3. The molecule has 5 rings (SSSR count). The van der Waals surface area contributed by atoms with E-state index in [1.807, 2.05) is 59.2 Å². The average Bonchev–Trinajstić information content (AvgIpc) is 3.19. The molecule has 1 N–H and O–H groups in total. The molecule has 0 unspecified atom stereocenters. The normalized spacial score (nSPS) is 13.0. The molecule has 1 amide bonds. The SMILES string of the molecule is O=C(Cc1ccc(Cl)cc1)Nc1cccc(SCC(=O)n2c3c(c4ccccc42)CCCC3)c1. The molecule has 0 fully saturated rings. The van der Waals surface area contributed by atoms with Crippen molar-refractivity contribution in [3.63, 3.8) is 0 Å². The van der Waals surface area contributed by atoms with Gasteiger partial charge in [0.05, 0.1) is 17.7 Å². The summed E-state index contributed by atoms with van der Waals surface area (Å²) < 4.78 is 1.94. The molecule has 0 saturated heterocycles. The molecule has 34 heavy (non-hydrogen) atoms. The summed E-state index contributed by atoms with van der Waals surface area (Å²) in [4.78, 5) is 26.7. The summed E-state index contributed by atoms with van der Waals surface area (Å²) in [6.07, 6.45) is 4.58. The van der Waals surface area contributed by atoms with Crippen LogP contribution in [0.1, 0.15) is 34.5 Å². The van der Waals surface area contributed by atoms with Crippen LogP contribution >= 0.6 is 23.4 Å². The lowest BCUT2D eigenvalue weighted by Gasteiger charge is -2.15. The van der Waals surface area contributed by atoms with Crippen molar-refractivity contribution < 1.29 is 9.59 Å². The molecule has 1 aliphatic rings. The van der Waals surface area contributed by atoms with Crippen LogP contribution in [-0.2, 0) is 24.1 Å². The molecule has 3 aromatic carbocycles. The maximum Gasteiger partial charge on any atom is 0.241 e. The molecule has 0 radical (unpaired) electrons. The van der Waals surface area contributed by atoms with Crippen LogP contribution in [0.25, 0.3) is 10.9 Å². The van der Waals surface area contributed by atoms with Gasteiger partial charge >= 0.3 is 0 Å². The van der Waals surface area contributed by atoms with Crippen molar-refractivity contribution in [2.45, 2.75) is 37.0 Å². The van der Waals surface area contributed by atoms with E-state index in [1.165, 1.54) is 34.8 Å². The van der Waals surface area contributed by atoms with Crippen molar-refractivity contribution in [2.75, 3.05) is 11.1 Å². The number of hydrogen-bond donors (Lipinski definition) is 1. The number of aryl methyl sites for hydroxylation is 1. The lowest BCUT2D eigenvalue weighted by Crippen LogP contribution is -2.18. The molecule has 1 heterocycles. The Morgan fingerprint density at radius 1 is 0.941 bits per heavy atom. The monoisotopic (exact) mass is 488 g/mol. The molecular weight excluding hydrogens is 464 g/mol. The Balaban J connectivity index is 1.26. The van der Waals surface area contributed by atoms with Crippen LogP contribution in [0.3, 0.4) is 0 Å². The van der Waals surface area contributed by atoms with E-state index < -0.39 is 0 Å². The second-order valence-electron chi connectivity index (χ2n) is 8.55. The number of amides is 1. The number of aromatic nitrogens is 1. The van der Waals surface area contributed by atoms with Gasteiger partial charge in [-0.05, 0) is 73.2 Å². The van der Waals surface area contributed by atoms with Crippen molar-refractivity contribution in [3.05, 3.63) is 94.6 Å². The number of para-hydroxylation sites is 1. The smallest absolute Gasteiger partial charge is 0.241 e. The number of anilines is 1. The molecule has 0 atom stereocenters. The molecule has 172 valence electrons. The van der Waals surface area contributed by atoms with E-state index in [1.54, 1.807) is 12.1 Å². The standard InChI is InChI=1S/C28H25ClN2O2S/c29-20-14-12-19(13-15-20)16-27(32)30-21-6-5-7-22(17-21)34-18-28(33)31-25-10-3-1-8-23(25)24-9-2-4-11-26(24)31/h1,3,5-8,10,12-15,17H,2,4,9,11,16,18H2,(H,30,32). The van der Waals surface area contributed by atoms with Crippen LogP contribution in [-0.4, -0.2) is 22.1 Å². The largest absolute Gasteiger partial charge is 0.326 e. The van der Waals surface area contributed by atoms with Gasteiger partial charge < -0.3 is 5.32 Å². The predicted molar refractivity (Wildman–Crippen MR) is 140 cm³/mol. The lowest BCUT2D eigenvalue weighted by molar-refractivity contribution is -0.115. The fourth-order valence-corrected chi connectivity index (χ4v) is 5.58. The molecule has 0 saturated carbocycles. The quantitative estimate of drug-likeness (QED) is 0.304. The molecule has 6 heteroatoms. The minimum atomic E-state index is -0.0917. The highest BCUT2D eigenvalue weighted by Gasteiger charge is 2.23. The minimum absolute atomic E-state index is 0.0917. The van der Waals surface area contributed by atoms with Gasteiger partial charge in [0.2, 0.25) is 11.8 Å². The Morgan fingerprint density at radius 2 is 1.74 bits per heavy atom. The summed E-state index contributed by atoms with van der Waals surface area (Å²) in [5.41, 5.74) is 5.16. The molecule has 1 aliphatic carbocycles. The summed E-state index contributed by atoms with van der Waals surface area (Å²) in [5, 5.41) is 4.81. The fraction of sp³-hybridized carbons (Fsp3) is 0.214. The van der Waals surface area contributed by atoms with Crippen LogP contribution in [0.2, 0.25) is 5.02 Å². The lowest BCUT2D eigenvalue weighted by atomic mass is 9.96. The van der Waals surface area contributed by atoms with E-state index in [2.05, 4.69) is 11.4 Å². The number of halogens is 1. The number of rotatable bonds is 6. The van der Waals surface area contributed by atoms with Crippen molar-refractivity contribution in [2.24, 2.45) is 0 Å².